The molecule has 0 spiro atoms. The summed E-state index contributed by atoms with van der Waals surface area (Å²) in [7, 11) is 0. The highest BCUT2D eigenvalue weighted by Crippen LogP contribution is 2.31. The van der Waals surface area contributed by atoms with Crippen LogP contribution in [0.4, 0.5) is 11.4 Å². The first-order valence-electron chi connectivity index (χ1n) is 6.46. The number of hydrogen-bond acceptors (Lipinski definition) is 4. The van der Waals surface area contributed by atoms with Gasteiger partial charge in [-0.05, 0) is 24.3 Å². The zero-order valence-corrected chi connectivity index (χ0v) is 11.2. The van der Waals surface area contributed by atoms with Crippen LogP contribution >= 0.6 is 0 Å². The Morgan fingerprint density at radius 2 is 2.00 bits per heavy atom. The van der Waals surface area contributed by atoms with E-state index in [2.05, 4.69) is 10.3 Å². The van der Waals surface area contributed by atoms with Gasteiger partial charge in [0.2, 0.25) is 5.91 Å². The smallest absolute Gasteiger partial charge is 0.265 e. The molecule has 6 heteroatoms. The highest BCUT2D eigenvalue weighted by molar-refractivity contribution is 6.04. The standard InChI is InChI=1S/C15H13N3O3/c19-14(17-11-5-7-16-8-6-11)9-18-12-3-1-2-4-13(12)21-10-15(18)20/h1-8H,9-10H2,(H,16,17,19). The fourth-order valence-corrected chi connectivity index (χ4v) is 2.11. The highest BCUT2D eigenvalue weighted by Gasteiger charge is 2.26. The SMILES string of the molecule is O=C(CN1C(=O)COc2ccccc21)Nc1ccncc1. The summed E-state index contributed by atoms with van der Waals surface area (Å²) in [6.45, 7) is -0.110. The minimum atomic E-state index is -0.272. The summed E-state index contributed by atoms with van der Waals surface area (Å²) in [5, 5.41) is 2.73. The molecule has 1 aromatic carbocycles. The van der Waals surface area contributed by atoms with Gasteiger partial charge in [0, 0.05) is 18.1 Å². The Balaban J connectivity index is 1.75. The van der Waals surface area contributed by atoms with Crippen molar-refractivity contribution >= 4 is 23.2 Å². The van der Waals surface area contributed by atoms with Gasteiger partial charge < -0.3 is 10.1 Å². The lowest BCUT2D eigenvalue weighted by Crippen LogP contribution is -2.43. The third kappa shape index (κ3) is 2.84. The fourth-order valence-electron chi connectivity index (χ4n) is 2.11. The quantitative estimate of drug-likeness (QED) is 0.925. The van der Waals surface area contributed by atoms with Crippen LogP contribution < -0.4 is 15.0 Å². The lowest BCUT2D eigenvalue weighted by molar-refractivity contribution is -0.123. The largest absolute Gasteiger partial charge is 0.482 e. The number of rotatable bonds is 3. The summed E-state index contributed by atoms with van der Waals surface area (Å²) in [6.07, 6.45) is 3.18. The van der Waals surface area contributed by atoms with Crippen LogP contribution in [-0.2, 0) is 9.59 Å². The lowest BCUT2D eigenvalue weighted by Gasteiger charge is -2.28. The molecule has 6 nitrogen and oxygen atoms in total. The Morgan fingerprint density at radius 1 is 1.24 bits per heavy atom. The van der Waals surface area contributed by atoms with Crippen molar-refractivity contribution in [2.45, 2.75) is 0 Å². The number of fused-ring (bicyclic) bond motifs is 1. The van der Waals surface area contributed by atoms with Gasteiger partial charge in [-0.15, -0.1) is 0 Å². The minimum Gasteiger partial charge on any atom is -0.482 e. The third-order valence-corrected chi connectivity index (χ3v) is 3.07. The Morgan fingerprint density at radius 3 is 2.81 bits per heavy atom. The van der Waals surface area contributed by atoms with Gasteiger partial charge >= 0.3 is 0 Å². The number of benzene rings is 1. The van der Waals surface area contributed by atoms with Crippen LogP contribution in [0.3, 0.4) is 0 Å². The van der Waals surface area contributed by atoms with Crippen molar-refractivity contribution in [3.8, 4) is 5.75 Å². The molecular weight excluding hydrogens is 270 g/mol. The van der Waals surface area contributed by atoms with E-state index < -0.39 is 0 Å². The number of ether oxygens (including phenoxy) is 1. The minimum absolute atomic E-state index is 0.0540. The first-order valence-corrected chi connectivity index (χ1v) is 6.46. The molecular formula is C15H13N3O3. The summed E-state index contributed by atoms with van der Waals surface area (Å²) >= 11 is 0. The van der Waals surface area contributed by atoms with Gasteiger partial charge in [-0.2, -0.15) is 0 Å². The first kappa shape index (κ1) is 13.1. The van der Waals surface area contributed by atoms with Crippen molar-refractivity contribution in [2.75, 3.05) is 23.4 Å². The summed E-state index contributed by atoms with van der Waals surface area (Å²) in [5.74, 6) is 0.0960. The molecule has 0 saturated carbocycles. The zero-order valence-electron chi connectivity index (χ0n) is 11.2. The number of hydrogen-bond donors (Lipinski definition) is 1. The van der Waals surface area contributed by atoms with E-state index in [0.717, 1.165) is 0 Å². The maximum atomic E-state index is 12.1. The van der Waals surface area contributed by atoms with Crippen LogP contribution in [0.5, 0.6) is 5.75 Å². The molecule has 0 atom stereocenters. The molecule has 0 fully saturated rings. The summed E-state index contributed by atoms with van der Waals surface area (Å²) in [4.78, 5) is 29.3. The molecule has 1 aromatic heterocycles. The number of pyridine rings is 1. The number of amides is 2. The number of aromatic nitrogens is 1. The van der Waals surface area contributed by atoms with Gasteiger partial charge in [-0.1, -0.05) is 12.1 Å². The predicted molar refractivity (Wildman–Crippen MR) is 77.2 cm³/mol. The number of para-hydroxylation sites is 2. The van der Waals surface area contributed by atoms with Gasteiger partial charge in [-0.25, -0.2) is 0 Å². The van der Waals surface area contributed by atoms with Crippen LogP contribution in [0, 0.1) is 0 Å². The molecule has 0 aliphatic carbocycles. The molecule has 1 N–H and O–H groups in total. The number of carbonyl (C=O) groups is 2. The summed E-state index contributed by atoms with van der Waals surface area (Å²) in [5.41, 5.74) is 1.25. The van der Waals surface area contributed by atoms with Crippen molar-refractivity contribution in [2.24, 2.45) is 0 Å². The van der Waals surface area contributed by atoms with Crippen molar-refractivity contribution in [3.05, 3.63) is 48.8 Å². The van der Waals surface area contributed by atoms with E-state index in [1.165, 1.54) is 4.90 Å². The van der Waals surface area contributed by atoms with Gasteiger partial charge in [0.15, 0.2) is 6.61 Å². The van der Waals surface area contributed by atoms with E-state index in [1.54, 1.807) is 42.7 Å². The summed E-state index contributed by atoms with van der Waals surface area (Å²) in [6, 6.07) is 10.5. The first-order chi connectivity index (χ1) is 10.2. The molecule has 1 aliphatic rings. The number of anilines is 2. The molecule has 3 rings (SSSR count). The number of carbonyl (C=O) groups excluding carboxylic acids is 2. The fraction of sp³-hybridized carbons (Fsp3) is 0.133. The van der Waals surface area contributed by atoms with Crippen molar-refractivity contribution in [3.63, 3.8) is 0 Å². The predicted octanol–water partition coefficient (Wildman–Crippen LogP) is 1.45. The monoisotopic (exact) mass is 283 g/mol. The van der Waals surface area contributed by atoms with Crippen molar-refractivity contribution < 1.29 is 14.3 Å². The van der Waals surface area contributed by atoms with E-state index in [0.29, 0.717) is 17.1 Å². The Labute approximate surface area is 121 Å². The van der Waals surface area contributed by atoms with E-state index in [9.17, 15) is 9.59 Å². The van der Waals surface area contributed by atoms with Crippen molar-refractivity contribution in [1.29, 1.82) is 0 Å². The molecule has 0 bridgehead atoms. The van der Waals surface area contributed by atoms with E-state index in [1.807, 2.05) is 6.07 Å². The maximum Gasteiger partial charge on any atom is 0.265 e. The van der Waals surface area contributed by atoms with E-state index >= 15 is 0 Å². The molecule has 0 radical (unpaired) electrons. The lowest BCUT2D eigenvalue weighted by atomic mass is 10.2. The Bertz CT molecular complexity index is 673. The Kier molecular flexibility index (Phi) is 3.51. The van der Waals surface area contributed by atoms with Crippen LogP contribution in [0.25, 0.3) is 0 Å². The van der Waals surface area contributed by atoms with Crippen LogP contribution in [0.15, 0.2) is 48.8 Å². The second-order valence-corrected chi connectivity index (χ2v) is 4.52. The average Bonchev–Trinajstić information content (AvgIpc) is 2.51. The molecule has 2 aromatic rings. The maximum absolute atomic E-state index is 12.1. The van der Waals surface area contributed by atoms with Crippen LogP contribution in [0.1, 0.15) is 0 Å². The van der Waals surface area contributed by atoms with Gasteiger partial charge in [0.1, 0.15) is 12.3 Å². The van der Waals surface area contributed by atoms with E-state index in [4.69, 9.17) is 4.74 Å². The molecule has 21 heavy (non-hydrogen) atoms. The average molecular weight is 283 g/mol. The zero-order chi connectivity index (χ0) is 14.7. The number of nitrogens with zero attached hydrogens (tertiary/aromatic N) is 2. The molecule has 1 aliphatic heterocycles. The van der Waals surface area contributed by atoms with E-state index in [-0.39, 0.29) is 25.0 Å². The number of nitrogens with one attached hydrogen (secondary N) is 1. The second kappa shape index (κ2) is 5.62. The van der Waals surface area contributed by atoms with Crippen LogP contribution in [-0.4, -0.2) is 29.9 Å². The van der Waals surface area contributed by atoms with Gasteiger partial charge in [0.05, 0.1) is 5.69 Å². The Hall–Kier alpha value is -2.89. The van der Waals surface area contributed by atoms with Gasteiger partial charge in [0.25, 0.3) is 5.91 Å². The molecule has 2 heterocycles. The second-order valence-electron chi connectivity index (χ2n) is 4.52. The van der Waals surface area contributed by atoms with Gasteiger partial charge in [-0.3, -0.25) is 19.5 Å². The molecule has 2 amide bonds. The third-order valence-electron chi connectivity index (χ3n) is 3.07. The van der Waals surface area contributed by atoms with Crippen LogP contribution in [0.2, 0.25) is 0 Å². The highest BCUT2D eigenvalue weighted by atomic mass is 16.5. The topological polar surface area (TPSA) is 71.5 Å². The summed E-state index contributed by atoms with van der Waals surface area (Å²) < 4.78 is 5.33. The molecule has 0 unspecified atom stereocenters. The van der Waals surface area contributed by atoms with Crippen molar-refractivity contribution in [1.82, 2.24) is 4.98 Å². The normalized spacial score (nSPS) is 13.3. The molecule has 0 saturated heterocycles. The molecule has 106 valence electrons.